The third kappa shape index (κ3) is 27.5. The number of nitrogens with one attached hydrogen (secondary N) is 3. The van der Waals surface area contributed by atoms with E-state index in [1.165, 1.54) is 296 Å². The number of aliphatic imine (C=N–C) groups is 1. The summed E-state index contributed by atoms with van der Waals surface area (Å²) in [6, 6.07) is 10.5. The Hall–Kier alpha value is -3.01. The number of unbranched alkanes of at least 4 members (excludes halogenated alkanes) is 4. The maximum absolute atomic E-state index is 6.29. The van der Waals surface area contributed by atoms with Gasteiger partial charge in [0.25, 0.3) is 0 Å². The van der Waals surface area contributed by atoms with Crippen LogP contribution in [0.25, 0.3) is 22.3 Å². The molecule has 3 N–H and O–H groups in total. The number of hydrogen-bond acceptors (Lipinski definition) is 2. The standard InChI is InChI=1S/C88H154N4/c1-17-33-65(9)41-25-29-45-73(53-49-69(13)37-21-5)85-77-57-59-79(89-77)86(74(54-50-70(14)38-22-6)46-30-26-42-66(10)34-18-2)81-61-63-83(91-81)88(76(56-52-72(16)40-24-8)48-32-28-44-68(12)36-20-4)84-64-62-82(92-84)87(80-60-58-78(85)90-80)75(55-51-71(15)39-23-7)47-31-27-43-67(11)35-19-3/h57-61,63,65-77,89-91H,17-56,62,64H2,1-16H3/b85-78-,86-79-,87-80-,88-84-. The predicted molar refractivity (Wildman–Crippen MR) is 412 cm³/mol. The van der Waals surface area contributed by atoms with E-state index in [4.69, 9.17) is 4.99 Å². The Morgan fingerprint density at radius 3 is 1.09 bits per heavy atom. The summed E-state index contributed by atoms with van der Waals surface area (Å²) < 4.78 is 0. The second-order valence-electron chi connectivity index (χ2n) is 32.6. The third-order valence-corrected chi connectivity index (χ3v) is 23.4. The van der Waals surface area contributed by atoms with Crippen molar-refractivity contribution in [1.29, 1.82) is 0 Å². The van der Waals surface area contributed by atoms with Crippen molar-refractivity contribution in [2.75, 3.05) is 0 Å². The number of allylic oxidation sites excluding steroid dienone is 4. The minimum absolute atomic E-state index is 0.133. The van der Waals surface area contributed by atoms with E-state index >= 15 is 0 Å². The highest BCUT2D eigenvalue weighted by Crippen LogP contribution is 2.44. The lowest BCUT2D eigenvalue weighted by Gasteiger charge is -2.28. The summed E-state index contributed by atoms with van der Waals surface area (Å²) >= 11 is 0. The molecule has 0 saturated carbocycles. The van der Waals surface area contributed by atoms with Crippen molar-refractivity contribution < 1.29 is 0 Å². The highest BCUT2D eigenvalue weighted by atomic mass is 15.0. The predicted octanol–water partition coefficient (Wildman–Crippen LogP) is 26.9. The second-order valence-corrected chi connectivity index (χ2v) is 32.6. The molecule has 0 fully saturated rings. The van der Waals surface area contributed by atoms with Gasteiger partial charge in [0.1, 0.15) is 0 Å². The summed E-state index contributed by atoms with van der Waals surface area (Å²) in [6.45, 7) is 39.3. The number of hydrogen-bond donors (Lipinski definition) is 3. The van der Waals surface area contributed by atoms with Crippen molar-refractivity contribution in [3.63, 3.8) is 0 Å². The lowest BCUT2D eigenvalue weighted by atomic mass is 9.82. The van der Waals surface area contributed by atoms with Crippen molar-refractivity contribution in [2.45, 2.75) is 386 Å². The van der Waals surface area contributed by atoms with E-state index in [2.05, 4.69) is 162 Å². The number of nitrogens with zero attached hydrogens (tertiary/aromatic N) is 1. The van der Waals surface area contributed by atoms with E-state index < -0.39 is 0 Å². The molecule has 92 heavy (non-hydrogen) atoms. The fourth-order valence-electron chi connectivity index (χ4n) is 17.9. The van der Waals surface area contributed by atoms with E-state index in [0.717, 1.165) is 60.2 Å². The molecule has 5 rings (SSSR count). The van der Waals surface area contributed by atoms with Crippen molar-refractivity contribution in [2.24, 2.45) is 76.0 Å². The van der Waals surface area contributed by atoms with Crippen LogP contribution in [0.2, 0.25) is 0 Å². The Kier molecular flexibility index (Phi) is 39.4. The lowest BCUT2D eigenvalue weighted by molar-refractivity contribution is 0.396. The van der Waals surface area contributed by atoms with Crippen LogP contribution in [0.15, 0.2) is 52.8 Å². The van der Waals surface area contributed by atoms with E-state index in [1.54, 1.807) is 22.3 Å². The molecule has 3 aliphatic rings. The highest BCUT2D eigenvalue weighted by Gasteiger charge is 2.34. The van der Waals surface area contributed by atoms with Gasteiger partial charge in [-0.2, -0.15) is 0 Å². The fourth-order valence-corrected chi connectivity index (χ4v) is 17.9. The van der Waals surface area contributed by atoms with Crippen LogP contribution in [0.3, 0.4) is 0 Å². The first-order valence-electron chi connectivity index (χ1n) is 41.2. The summed E-state index contributed by atoms with van der Waals surface area (Å²) in [7, 11) is 0. The summed E-state index contributed by atoms with van der Waals surface area (Å²) in [5, 5.41) is 7.32. The van der Waals surface area contributed by atoms with Gasteiger partial charge in [-0.05, 0) is 171 Å². The molecule has 2 aromatic rings. The highest BCUT2D eigenvalue weighted by molar-refractivity contribution is 6.20. The van der Waals surface area contributed by atoms with Crippen molar-refractivity contribution >= 4 is 28.0 Å². The number of aromatic nitrogens is 2. The molecule has 13 atom stereocenters. The molecule has 0 aromatic carbocycles. The molecular weight excluding hydrogens is 1110 g/mol. The van der Waals surface area contributed by atoms with Gasteiger partial charge in [-0.15, -0.1) is 0 Å². The van der Waals surface area contributed by atoms with Crippen molar-refractivity contribution in [1.82, 2.24) is 15.3 Å². The molecule has 4 nitrogen and oxygen atoms in total. The first-order valence-corrected chi connectivity index (χ1v) is 41.2. The SMILES string of the molecule is CCCC(C)CCCCC(CCC(C)CCC)/C1=C2\CCC(=N2)/C(C(CCCCC(C)CCC)CCC(C)CCC)=c2/cc/c([nH]2)=C(\C(CCCCC(C)CCC)CCC(C)CCC)C2C=C/C(=C(\C(CCCCC(C)CCC)CCC(C)CCC)c3ccc1[nH]3)N2. The van der Waals surface area contributed by atoms with Crippen LogP contribution in [0.4, 0.5) is 0 Å². The maximum Gasteiger partial charge on any atom is 0.0687 e. The van der Waals surface area contributed by atoms with E-state index in [1.807, 2.05) is 0 Å². The molecule has 8 bridgehead atoms. The Morgan fingerprint density at radius 2 is 0.674 bits per heavy atom. The maximum atomic E-state index is 6.29. The van der Waals surface area contributed by atoms with Gasteiger partial charge in [0, 0.05) is 55.9 Å². The number of fused-ring (bicyclic) bond motifs is 7. The molecule has 0 saturated heterocycles. The molecule has 0 radical (unpaired) electrons. The zero-order valence-corrected chi connectivity index (χ0v) is 64.1. The smallest absolute Gasteiger partial charge is 0.0687 e. The molecule has 3 aliphatic heterocycles. The fraction of sp³-hybridized carbons (Fsp3) is 0.807. The van der Waals surface area contributed by atoms with Crippen LogP contribution < -0.4 is 16.0 Å². The summed E-state index contributed by atoms with van der Waals surface area (Å²) in [5.41, 5.74) is 13.3. The van der Waals surface area contributed by atoms with Gasteiger partial charge < -0.3 is 15.3 Å². The molecule has 0 aliphatic carbocycles. The number of aromatic amines is 2. The Morgan fingerprint density at radius 1 is 0.337 bits per heavy atom. The second kappa shape index (κ2) is 45.5. The van der Waals surface area contributed by atoms with Gasteiger partial charge in [-0.25, -0.2) is 0 Å². The molecule has 2 aromatic heterocycles. The Balaban J connectivity index is 1.91. The van der Waals surface area contributed by atoms with Gasteiger partial charge in [0.2, 0.25) is 0 Å². The quantitative estimate of drug-likeness (QED) is 0.0568. The van der Waals surface area contributed by atoms with Gasteiger partial charge in [0.15, 0.2) is 0 Å². The average molecular weight is 1270 g/mol. The topological polar surface area (TPSA) is 56.0 Å². The van der Waals surface area contributed by atoms with Gasteiger partial charge >= 0.3 is 0 Å². The average Bonchev–Trinajstić information content (AvgIpc) is 1.64. The molecule has 526 valence electrons. The molecular formula is C88H154N4. The monoisotopic (exact) mass is 1270 g/mol. The molecule has 4 heteroatoms. The zero-order chi connectivity index (χ0) is 66.6. The minimum Gasteiger partial charge on any atom is -0.375 e. The lowest BCUT2D eigenvalue weighted by Crippen LogP contribution is -2.33. The number of H-pyrrole nitrogens is 2. The van der Waals surface area contributed by atoms with E-state index in [-0.39, 0.29) is 6.04 Å². The van der Waals surface area contributed by atoms with Crippen LogP contribution in [0, 0.1) is 71.0 Å². The normalized spacial score (nSPS) is 22.0. The van der Waals surface area contributed by atoms with Gasteiger partial charge in [-0.1, -0.05) is 322 Å². The van der Waals surface area contributed by atoms with Crippen LogP contribution in [-0.2, 0) is 0 Å². The first-order chi connectivity index (χ1) is 44.6. The molecule has 5 heterocycles. The van der Waals surface area contributed by atoms with E-state index in [9.17, 15) is 0 Å². The molecule has 13 unspecified atom stereocenters. The summed E-state index contributed by atoms with van der Waals surface area (Å²) in [4.78, 5) is 15.3. The molecule has 0 amide bonds. The van der Waals surface area contributed by atoms with Gasteiger partial charge in [0.05, 0.1) is 6.04 Å². The van der Waals surface area contributed by atoms with Crippen LogP contribution in [0.1, 0.15) is 392 Å². The summed E-state index contributed by atoms with van der Waals surface area (Å²) in [6.07, 6.45) is 59.4. The zero-order valence-electron chi connectivity index (χ0n) is 64.1. The minimum atomic E-state index is 0.133. The Bertz CT molecular complexity index is 2520. The van der Waals surface area contributed by atoms with E-state index in [0.29, 0.717) is 23.7 Å². The van der Waals surface area contributed by atoms with Gasteiger partial charge in [-0.3, -0.25) is 4.99 Å². The molecule has 0 spiro atoms. The first kappa shape index (κ1) is 79.7. The van der Waals surface area contributed by atoms with Crippen LogP contribution in [0.5, 0.6) is 0 Å². The largest absolute Gasteiger partial charge is 0.375 e. The number of rotatable bonds is 52. The van der Waals surface area contributed by atoms with Crippen molar-refractivity contribution in [3.05, 3.63) is 69.9 Å². The van der Waals surface area contributed by atoms with Crippen molar-refractivity contribution in [3.8, 4) is 0 Å². The van der Waals surface area contributed by atoms with Crippen LogP contribution >= 0.6 is 0 Å². The van der Waals surface area contributed by atoms with Crippen LogP contribution in [-0.4, -0.2) is 21.7 Å². The Labute approximate surface area is 572 Å². The summed E-state index contributed by atoms with van der Waals surface area (Å²) in [5.74, 6) is 8.06. The third-order valence-electron chi connectivity index (χ3n) is 23.4.